The van der Waals surface area contributed by atoms with Crippen LogP contribution in [0.1, 0.15) is 10.4 Å². The van der Waals surface area contributed by atoms with Crippen LogP contribution in [0.15, 0.2) is 58.2 Å². The molecule has 0 amide bonds. The van der Waals surface area contributed by atoms with Crippen molar-refractivity contribution in [3.63, 3.8) is 0 Å². The molecule has 1 aromatic heterocycles. The van der Waals surface area contributed by atoms with Gasteiger partial charge in [-0.1, -0.05) is 47.3 Å². The third-order valence-electron chi connectivity index (χ3n) is 3.21. The van der Waals surface area contributed by atoms with E-state index in [0.717, 1.165) is 11.6 Å². The SMILES string of the molecule is O=C(OCC#CCSc1nnc(-c2cccc(Cl)c2)o1)c1cccc(F)c1. The molecule has 0 unspecified atom stereocenters. The van der Waals surface area contributed by atoms with Gasteiger partial charge in [-0.25, -0.2) is 9.18 Å². The molecule has 0 saturated carbocycles. The predicted molar refractivity (Wildman–Crippen MR) is 99.9 cm³/mol. The number of carbonyl (C=O) groups is 1. The summed E-state index contributed by atoms with van der Waals surface area (Å²) in [5.41, 5.74) is 0.878. The van der Waals surface area contributed by atoms with E-state index in [1.54, 1.807) is 18.2 Å². The Bertz CT molecular complexity index is 1010. The quantitative estimate of drug-likeness (QED) is 0.356. The first-order valence-corrected chi connectivity index (χ1v) is 9.09. The molecule has 0 N–H and O–H groups in total. The summed E-state index contributed by atoms with van der Waals surface area (Å²) in [6.45, 7) is -0.0898. The molecule has 3 rings (SSSR count). The Morgan fingerprint density at radius 1 is 1.19 bits per heavy atom. The van der Waals surface area contributed by atoms with E-state index in [2.05, 4.69) is 22.0 Å². The summed E-state index contributed by atoms with van der Waals surface area (Å²) < 4.78 is 23.5. The number of hydrogen-bond acceptors (Lipinski definition) is 6. The highest BCUT2D eigenvalue weighted by Gasteiger charge is 2.09. The minimum Gasteiger partial charge on any atom is -0.449 e. The number of benzene rings is 2. The van der Waals surface area contributed by atoms with Gasteiger partial charge < -0.3 is 9.15 Å². The molecular formula is C19H12ClFN2O3S. The standard InChI is InChI=1S/C19H12ClFN2O3S/c20-15-7-3-5-13(11-15)17-22-23-19(26-17)27-10-2-1-9-25-18(24)14-6-4-8-16(21)12-14/h3-8,11-12H,9-10H2. The summed E-state index contributed by atoms with van der Waals surface area (Å²) in [7, 11) is 0. The average molecular weight is 403 g/mol. The highest BCUT2D eigenvalue weighted by Crippen LogP contribution is 2.24. The van der Waals surface area contributed by atoms with Crippen molar-refractivity contribution in [2.24, 2.45) is 0 Å². The number of carbonyl (C=O) groups excluding carboxylic acids is 1. The summed E-state index contributed by atoms with van der Waals surface area (Å²) in [5, 5.41) is 8.85. The fraction of sp³-hybridized carbons (Fsp3) is 0.105. The molecule has 136 valence electrons. The van der Waals surface area contributed by atoms with Gasteiger partial charge in [-0.15, -0.1) is 10.2 Å². The summed E-state index contributed by atoms with van der Waals surface area (Å²) in [5.74, 6) is 5.16. The second-order valence-corrected chi connectivity index (χ2v) is 6.48. The molecule has 0 fully saturated rings. The topological polar surface area (TPSA) is 65.2 Å². The van der Waals surface area contributed by atoms with Gasteiger partial charge in [-0.3, -0.25) is 0 Å². The lowest BCUT2D eigenvalue weighted by Crippen LogP contribution is -2.05. The molecule has 2 aromatic carbocycles. The average Bonchev–Trinajstić information content (AvgIpc) is 3.13. The van der Waals surface area contributed by atoms with Crippen LogP contribution in [0.4, 0.5) is 4.39 Å². The first kappa shape index (κ1) is 19.0. The minimum atomic E-state index is -0.625. The Morgan fingerprint density at radius 2 is 2.04 bits per heavy atom. The molecular weight excluding hydrogens is 391 g/mol. The summed E-state index contributed by atoms with van der Waals surface area (Å²) in [6, 6.07) is 12.4. The summed E-state index contributed by atoms with van der Waals surface area (Å²) >= 11 is 7.20. The molecule has 8 heteroatoms. The van der Waals surface area contributed by atoms with Crippen LogP contribution in [0.5, 0.6) is 0 Å². The van der Waals surface area contributed by atoms with Crippen molar-refractivity contribution in [3.05, 3.63) is 64.9 Å². The highest BCUT2D eigenvalue weighted by molar-refractivity contribution is 7.99. The smallest absolute Gasteiger partial charge is 0.339 e. The number of nitrogens with zero attached hydrogens (tertiary/aromatic N) is 2. The van der Waals surface area contributed by atoms with E-state index < -0.39 is 11.8 Å². The maximum absolute atomic E-state index is 13.0. The van der Waals surface area contributed by atoms with Crippen LogP contribution < -0.4 is 0 Å². The van der Waals surface area contributed by atoms with Gasteiger partial charge in [0.15, 0.2) is 6.61 Å². The van der Waals surface area contributed by atoms with E-state index in [-0.39, 0.29) is 12.2 Å². The van der Waals surface area contributed by atoms with Gasteiger partial charge in [-0.05, 0) is 36.4 Å². The molecule has 0 aliphatic carbocycles. The van der Waals surface area contributed by atoms with Gasteiger partial charge in [0.25, 0.3) is 5.22 Å². The maximum Gasteiger partial charge on any atom is 0.339 e. The highest BCUT2D eigenvalue weighted by atomic mass is 35.5. The minimum absolute atomic E-state index is 0.0898. The van der Waals surface area contributed by atoms with Gasteiger partial charge in [0.2, 0.25) is 5.89 Å². The lowest BCUT2D eigenvalue weighted by atomic mass is 10.2. The molecule has 3 aromatic rings. The van der Waals surface area contributed by atoms with Crippen molar-refractivity contribution in [3.8, 4) is 23.3 Å². The Morgan fingerprint density at radius 3 is 2.85 bits per heavy atom. The van der Waals surface area contributed by atoms with Gasteiger partial charge in [0, 0.05) is 10.6 Å². The molecule has 0 aliphatic rings. The number of hydrogen-bond donors (Lipinski definition) is 0. The molecule has 5 nitrogen and oxygen atoms in total. The molecule has 27 heavy (non-hydrogen) atoms. The normalized spacial score (nSPS) is 10.1. The zero-order valence-electron chi connectivity index (χ0n) is 13.8. The monoisotopic (exact) mass is 402 g/mol. The van der Waals surface area contributed by atoms with E-state index in [0.29, 0.717) is 21.9 Å². The van der Waals surface area contributed by atoms with E-state index in [9.17, 15) is 9.18 Å². The van der Waals surface area contributed by atoms with E-state index >= 15 is 0 Å². The van der Waals surface area contributed by atoms with Crippen LogP contribution in [0.2, 0.25) is 5.02 Å². The zero-order valence-corrected chi connectivity index (χ0v) is 15.4. The second kappa shape index (κ2) is 9.21. The zero-order chi connectivity index (χ0) is 19.1. The fourth-order valence-corrected chi connectivity index (χ4v) is 2.73. The van der Waals surface area contributed by atoms with Crippen molar-refractivity contribution in [2.75, 3.05) is 12.4 Å². The van der Waals surface area contributed by atoms with Crippen LogP contribution in [0, 0.1) is 17.7 Å². The molecule has 0 radical (unpaired) electrons. The number of esters is 1. The van der Waals surface area contributed by atoms with Crippen molar-refractivity contribution in [1.82, 2.24) is 10.2 Å². The van der Waals surface area contributed by atoms with Crippen molar-refractivity contribution < 1.29 is 18.3 Å². The van der Waals surface area contributed by atoms with Gasteiger partial charge >= 0.3 is 5.97 Å². The Hall–Kier alpha value is -2.82. The van der Waals surface area contributed by atoms with Crippen LogP contribution in [0.3, 0.4) is 0 Å². The Balaban J connectivity index is 1.45. The van der Waals surface area contributed by atoms with Gasteiger partial charge in [-0.2, -0.15) is 0 Å². The molecule has 0 aliphatic heterocycles. The predicted octanol–water partition coefficient (Wildman–Crippen LogP) is 4.48. The van der Waals surface area contributed by atoms with Gasteiger partial charge in [0.05, 0.1) is 11.3 Å². The first-order valence-electron chi connectivity index (χ1n) is 7.72. The largest absolute Gasteiger partial charge is 0.449 e. The van der Waals surface area contributed by atoms with Crippen LogP contribution in [0.25, 0.3) is 11.5 Å². The van der Waals surface area contributed by atoms with Crippen molar-refractivity contribution >= 4 is 29.3 Å². The van der Waals surface area contributed by atoms with E-state index in [1.165, 1.54) is 30.0 Å². The van der Waals surface area contributed by atoms with Crippen molar-refractivity contribution in [2.45, 2.75) is 5.22 Å². The van der Waals surface area contributed by atoms with Crippen LogP contribution >= 0.6 is 23.4 Å². The Labute approximate surface area is 163 Å². The molecule has 0 bridgehead atoms. The number of rotatable bonds is 5. The first-order chi connectivity index (χ1) is 13.1. The second-order valence-electron chi connectivity index (χ2n) is 5.11. The molecule has 0 atom stereocenters. The lowest BCUT2D eigenvalue weighted by molar-refractivity contribution is 0.0556. The fourth-order valence-electron chi connectivity index (χ4n) is 2.01. The lowest BCUT2D eigenvalue weighted by Gasteiger charge is -2.00. The third kappa shape index (κ3) is 5.58. The van der Waals surface area contributed by atoms with Crippen molar-refractivity contribution in [1.29, 1.82) is 0 Å². The van der Waals surface area contributed by atoms with E-state index in [1.807, 2.05) is 6.07 Å². The molecule has 0 saturated heterocycles. The van der Waals surface area contributed by atoms with Crippen LogP contribution in [-0.2, 0) is 4.74 Å². The summed E-state index contributed by atoms with van der Waals surface area (Å²) in [6.07, 6.45) is 0. The van der Waals surface area contributed by atoms with Crippen LogP contribution in [-0.4, -0.2) is 28.5 Å². The maximum atomic E-state index is 13.0. The Kier molecular flexibility index (Phi) is 6.47. The number of ether oxygens (including phenoxy) is 1. The molecule has 1 heterocycles. The molecule has 0 spiro atoms. The third-order valence-corrected chi connectivity index (χ3v) is 4.14. The number of halogens is 2. The summed E-state index contributed by atoms with van der Waals surface area (Å²) in [4.78, 5) is 11.7. The van der Waals surface area contributed by atoms with Gasteiger partial charge in [0.1, 0.15) is 5.82 Å². The number of aromatic nitrogens is 2. The number of thioether (sulfide) groups is 1. The van der Waals surface area contributed by atoms with E-state index in [4.69, 9.17) is 20.8 Å².